The first kappa shape index (κ1) is 36.4. The second kappa shape index (κ2) is 15.1. The van der Waals surface area contributed by atoms with Gasteiger partial charge in [-0.2, -0.15) is 0 Å². The van der Waals surface area contributed by atoms with Gasteiger partial charge in [0.25, 0.3) is 0 Å². The molecule has 0 fully saturated rings. The van der Waals surface area contributed by atoms with E-state index in [0.29, 0.717) is 0 Å². The fourth-order valence-electron chi connectivity index (χ4n) is 8.75. The van der Waals surface area contributed by atoms with Crippen molar-refractivity contribution in [2.45, 2.75) is 27.7 Å². The van der Waals surface area contributed by atoms with Gasteiger partial charge in [-0.1, -0.05) is 147 Å². The van der Waals surface area contributed by atoms with Crippen LogP contribution in [-0.2, 0) is 0 Å². The number of aryl methyl sites for hydroxylation is 2. The molecule has 2 heterocycles. The van der Waals surface area contributed by atoms with Crippen molar-refractivity contribution in [3.63, 3.8) is 0 Å². The SMILES string of the molecule is CC.Cc1ccc(N(c2ccc(-c3ccccc3)cc2)c2ccc3c4c5sc6ccc(-c7ccccc7)cc6c5c5ccccc5c4n(-c4ccccc4)c3c2)cc1C. The Hall–Kier alpha value is -6.94. The summed E-state index contributed by atoms with van der Waals surface area (Å²) in [5, 5.41) is 7.75. The monoisotopic (exact) mass is 776 g/mol. The molecule has 0 unspecified atom stereocenters. The lowest BCUT2D eigenvalue weighted by molar-refractivity contribution is 1.18. The third kappa shape index (κ3) is 6.18. The summed E-state index contributed by atoms with van der Waals surface area (Å²) in [4.78, 5) is 2.41. The number of rotatable bonds is 6. The molecule has 3 heteroatoms. The minimum absolute atomic E-state index is 1.11. The predicted molar refractivity (Wildman–Crippen MR) is 258 cm³/mol. The Morgan fingerprint density at radius 2 is 0.966 bits per heavy atom. The zero-order chi connectivity index (χ0) is 40.0. The summed E-state index contributed by atoms with van der Waals surface area (Å²) in [5.74, 6) is 0. The second-order valence-electron chi connectivity index (χ2n) is 15.0. The molecule has 0 spiro atoms. The van der Waals surface area contributed by atoms with Crippen LogP contribution in [0.4, 0.5) is 17.1 Å². The van der Waals surface area contributed by atoms with Crippen LogP contribution in [0.1, 0.15) is 25.0 Å². The third-order valence-electron chi connectivity index (χ3n) is 11.7. The van der Waals surface area contributed by atoms with Gasteiger partial charge in [-0.25, -0.2) is 0 Å². The number of thiophene rings is 1. The fourth-order valence-corrected chi connectivity index (χ4v) is 10.0. The van der Waals surface area contributed by atoms with Gasteiger partial charge in [0.1, 0.15) is 0 Å². The molecule has 2 aromatic heterocycles. The Kier molecular flexibility index (Phi) is 9.32. The van der Waals surface area contributed by atoms with Crippen LogP contribution in [0.15, 0.2) is 194 Å². The van der Waals surface area contributed by atoms with E-state index in [9.17, 15) is 0 Å². The van der Waals surface area contributed by atoms with Crippen LogP contribution in [0.3, 0.4) is 0 Å². The molecule has 0 saturated carbocycles. The topological polar surface area (TPSA) is 8.17 Å². The third-order valence-corrected chi connectivity index (χ3v) is 12.9. The van der Waals surface area contributed by atoms with E-state index in [1.807, 2.05) is 25.2 Å². The first-order valence-corrected chi connectivity index (χ1v) is 21.4. The molecule has 0 aliphatic carbocycles. The van der Waals surface area contributed by atoms with Gasteiger partial charge in [0, 0.05) is 59.1 Å². The van der Waals surface area contributed by atoms with E-state index < -0.39 is 0 Å². The Labute approximate surface area is 349 Å². The molecule has 2 nitrogen and oxygen atoms in total. The van der Waals surface area contributed by atoms with E-state index in [0.717, 1.165) is 22.7 Å². The molecule has 59 heavy (non-hydrogen) atoms. The molecule has 0 aliphatic heterocycles. The van der Waals surface area contributed by atoms with Gasteiger partial charge in [-0.05, 0) is 113 Å². The van der Waals surface area contributed by atoms with Gasteiger partial charge < -0.3 is 9.47 Å². The first-order valence-electron chi connectivity index (χ1n) is 20.6. The van der Waals surface area contributed by atoms with Gasteiger partial charge in [-0.3, -0.25) is 0 Å². The molecule has 11 aromatic rings. The lowest BCUT2D eigenvalue weighted by Gasteiger charge is -2.26. The number of anilines is 3. The Balaban J connectivity index is 0.00000207. The molecule has 0 aliphatic rings. The smallest absolute Gasteiger partial charge is 0.0634 e. The zero-order valence-corrected chi connectivity index (χ0v) is 34.6. The number of fused-ring (bicyclic) bond motifs is 10. The highest BCUT2D eigenvalue weighted by atomic mass is 32.1. The van der Waals surface area contributed by atoms with E-state index in [1.54, 1.807) is 0 Å². The van der Waals surface area contributed by atoms with E-state index in [-0.39, 0.29) is 0 Å². The molecule has 0 atom stereocenters. The molecular formula is C56H44N2S. The summed E-state index contributed by atoms with van der Waals surface area (Å²) >= 11 is 1.92. The van der Waals surface area contributed by atoms with Gasteiger partial charge >= 0.3 is 0 Å². The summed E-state index contributed by atoms with van der Waals surface area (Å²) in [7, 11) is 0. The van der Waals surface area contributed by atoms with Crippen LogP contribution in [0.5, 0.6) is 0 Å². The summed E-state index contributed by atoms with van der Waals surface area (Å²) < 4.78 is 5.14. The molecule has 0 N–H and O–H groups in total. The normalized spacial score (nSPS) is 11.4. The summed E-state index contributed by atoms with van der Waals surface area (Å²) in [6.07, 6.45) is 0. The van der Waals surface area contributed by atoms with E-state index in [2.05, 4.69) is 217 Å². The van der Waals surface area contributed by atoms with Crippen molar-refractivity contribution >= 4 is 81.1 Å². The molecule has 0 amide bonds. The van der Waals surface area contributed by atoms with Gasteiger partial charge in [-0.15, -0.1) is 11.3 Å². The van der Waals surface area contributed by atoms with Crippen molar-refractivity contribution in [3.8, 4) is 27.9 Å². The molecule has 0 bridgehead atoms. The van der Waals surface area contributed by atoms with Crippen LogP contribution in [0.2, 0.25) is 0 Å². The summed E-state index contributed by atoms with van der Waals surface area (Å²) in [6.45, 7) is 8.39. The standard InChI is InChI=1S/C54H38N2S.C2H6/c1-35-22-26-43(32-36(35)2)55(42-27-23-39(24-28-42)37-14-6-3-7-15-37)44-29-30-47-49(34-44)56(41-18-10-5-11-19-41)53-46-21-13-12-20-45(46)51-48-33-40(38-16-8-4-9-17-38)25-31-50(48)57-54(51)52(47)53;1-2/h3-34H,1-2H3;1-2H3. The number of benzene rings is 9. The van der Waals surface area contributed by atoms with Crippen molar-refractivity contribution in [1.82, 2.24) is 4.57 Å². The molecule has 0 saturated heterocycles. The van der Waals surface area contributed by atoms with Crippen molar-refractivity contribution < 1.29 is 0 Å². The Morgan fingerprint density at radius 1 is 0.407 bits per heavy atom. The highest BCUT2D eigenvalue weighted by Crippen LogP contribution is 2.49. The van der Waals surface area contributed by atoms with Crippen molar-refractivity contribution in [1.29, 1.82) is 0 Å². The van der Waals surface area contributed by atoms with Gasteiger partial charge in [0.05, 0.1) is 11.0 Å². The van der Waals surface area contributed by atoms with Gasteiger partial charge in [0.2, 0.25) is 0 Å². The largest absolute Gasteiger partial charge is 0.310 e. The first-order chi connectivity index (χ1) is 29.1. The number of hydrogen-bond acceptors (Lipinski definition) is 2. The van der Waals surface area contributed by atoms with Crippen molar-refractivity contribution in [2.75, 3.05) is 4.90 Å². The average Bonchev–Trinajstić information content (AvgIpc) is 3.86. The maximum Gasteiger partial charge on any atom is 0.0634 e. The molecule has 0 radical (unpaired) electrons. The molecule has 284 valence electrons. The van der Waals surface area contributed by atoms with Crippen LogP contribution in [-0.4, -0.2) is 4.57 Å². The zero-order valence-electron chi connectivity index (χ0n) is 33.8. The van der Waals surface area contributed by atoms with Crippen LogP contribution >= 0.6 is 11.3 Å². The lowest BCUT2D eigenvalue weighted by atomic mass is 9.97. The quantitative estimate of drug-likeness (QED) is 0.163. The van der Waals surface area contributed by atoms with Gasteiger partial charge in [0.15, 0.2) is 0 Å². The number of para-hydroxylation sites is 1. The van der Waals surface area contributed by atoms with Crippen LogP contribution in [0.25, 0.3) is 80.7 Å². The van der Waals surface area contributed by atoms with Crippen LogP contribution in [0, 0.1) is 13.8 Å². The Morgan fingerprint density at radius 3 is 1.66 bits per heavy atom. The summed E-state index contributed by atoms with van der Waals surface area (Å²) in [5.41, 5.74) is 14.4. The van der Waals surface area contributed by atoms with Crippen molar-refractivity contribution in [3.05, 3.63) is 205 Å². The minimum atomic E-state index is 1.11. The maximum absolute atomic E-state index is 2.51. The minimum Gasteiger partial charge on any atom is -0.310 e. The Bertz CT molecular complexity index is 3290. The highest BCUT2D eigenvalue weighted by molar-refractivity contribution is 7.27. The van der Waals surface area contributed by atoms with E-state index >= 15 is 0 Å². The summed E-state index contributed by atoms with van der Waals surface area (Å²) in [6, 6.07) is 71.2. The second-order valence-corrected chi connectivity index (χ2v) is 16.1. The highest BCUT2D eigenvalue weighted by Gasteiger charge is 2.24. The molecule has 9 aromatic carbocycles. The van der Waals surface area contributed by atoms with E-state index in [4.69, 9.17) is 0 Å². The average molecular weight is 777 g/mol. The predicted octanol–water partition coefficient (Wildman–Crippen LogP) is 16.8. The van der Waals surface area contributed by atoms with Crippen LogP contribution < -0.4 is 4.90 Å². The number of hydrogen-bond donors (Lipinski definition) is 0. The van der Waals surface area contributed by atoms with E-state index in [1.165, 1.54) is 86.1 Å². The molecular weight excluding hydrogens is 733 g/mol. The fraction of sp³-hybridized carbons (Fsp3) is 0.0714. The maximum atomic E-state index is 2.51. The van der Waals surface area contributed by atoms with Crippen molar-refractivity contribution in [2.24, 2.45) is 0 Å². The number of aromatic nitrogens is 1. The molecule has 11 rings (SSSR count). The number of nitrogens with zero attached hydrogens (tertiary/aromatic N) is 2. The lowest BCUT2D eigenvalue weighted by Crippen LogP contribution is -2.10.